The number of nitro groups is 1. The lowest BCUT2D eigenvalue weighted by atomic mass is 10.1. The first-order chi connectivity index (χ1) is 8.59. The Morgan fingerprint density at radius 3 is 2.67 bits per heavy atom. The summed E-state index contributed by atoms with van der Waals surface area (Å²) in [6.45, 7) is 0. The van der Waals surface area contributed by atoms with Crippen LogP contribution < -0.4 is 0 Å². The van der Waals surface area contributed by atoms with Gasteiger partial charge in [0, 0.05) is 24.0 Å². The maximum Gasteiger partial charge on any atom is 0.287 e. The Bertz CT molecular complexity index is 616. The monoisotopic (exact) mass is 263 g/mol. The zero-order valence-corrected chi connectivity index (χ0v) is 9.66. The van der Waals surface area contributed by atoms with Crippen molar-refractivity contribution in [3.63, 3.8) is 0 Å². The summed E-state index contributed by atoms with van der Waals surface area (Å²) in [7, 11) is 0. The summed E-state index contributed by atoms with van der Waals surface area (Å²) in [5.41, 5.74) is 0.140. The second kappa shape index (κ2) is 4.89. The third-order valence-corrected chi connectivity index (χ3v) is 2.51. The van der Waals surface area contributed by atoms with Gasteiger partial charge in [0.05, 0.1) is 11.1 Å². The first-order valence-electron chi connectivity index (χ1n) is 4.84. The summed E-state index contributed by atoms with van der Waals surface area (Å²) in [5, 5.41) is 10.5. The largest absolute Gasteiger partial charge is 0.287 e. The number of nitrogens with zero attached hydrogens (tertiary/aromatic N) is 3. The molecule has 0 N–H and O–H groups in total. The maximum absolute atomic E-state index is 11.9. The highest BCUT2D eigenvalue weighted by atomic mass is 35.5. The topological polar surface area (TPSA) is 86.0 Å². The van der Waals surface area contributed by atoms with E-state index in [1.54, 1.807) is 0 Å². The molecule has 0 aliphatic carbocycles. The van der Waals surface area contributed by atoms with Gasteiger partial charge in [0.2, 0.25) is 5.78 Å². The molecule has 2 rings (SSSR count). The molecule has 18 heavy (non-hydrogen) atoms. The van der Waals surface area contributed by atoms with Gasteiger partial charge in [-0.3, -0.25) is 19.9 Å². The molecule has 0 saturated heterocycles. The van der Waals surface area contributed by atoms with Crippen LogP contribution in [0, 0.1) is 10.1 Å². The summed E-state index contributed by atoms with van der Waals surface area (Å²) >= 11 is 5.73. The van der Waals surface area contributed by atoms with Gasteiger partial charge in [-0.1, -0.05) is 11.6 Å². The Balaban J connectivity index is 2.39. The van der Waals surface area contributed by atoms with Gasteiger partial charge < -0.3 is 0 Å². The van der Waals surface area contributed by atoms with E-state index in [1.165, 1.54) is 36.8 Å². The zero-order valence-electron chi connectivity index (χ0n) is 8.91. The molecule has 1 aromatic heterocycles. The Hall–Kier alpha value is -2.34. The number of carbonyl (C=O) groups is 1. The van der Waals surface area contributed by atoms with E-state index in [2.05, 4.69) is 9.97 Å². The summed E-state index contributed by atoms with van der Waals surface area (Å²) < 4.78 is 0. The standard InChI is InChI=1S/C11H6ClN3O3/c12-8-5-7(1-2-10(8)15(17)18)11(16)9-6-13-3-4-14-9/h1-6H. The highest BCUT2D eigenvalue weighted by Gasteiger charge is 2.16. The fraction of sp³-hybridized carbons (Fsp3) is 0. The molecule has 0 atom stereocenters. The molecule has 1 heterocycles. The van der Waals surface area contributed by atoms with Crippen molar-refractivity contribution in [1.29, 1.82) is 0 Å². The average Bonchev–Trinajstić information content (AvgIpc) is 2.38. The number of ketones is 1. The third-order valence-electron chi connectivity index (χ3n) is 2.20. The minimum Gasteiger partial charge on any atom is -0.287 e. The second-order valence-electron chi connectivity index (χ2n) is 3.34. The Morgan fingerprint density at radius 2 is 2.11 bits per heavy atom. The number of carbonyl (C=O) groups excluding carboxylic acids is 1. The zero-order chi connectivity index (χ0) is 13.1. The minimum absolute atomic E-state index is 0.0882. The van der Waals surface area contributed by atoms with E-state index in [0.717, 1.165) is 0 Å². The van der Waals surface area contributed by atoms with Crippen molar-refractivity contribution in [3.8, 4) is 0 Å². The Kier molecular flexibility index (Phi) is 3.29. The number of halogens is 1. The lowest BCUT2D eigenvalue weighted by molar-refractivity contribution is -0.384. The number of rotatable bonds is 3. The van der Waals surface area contributed by atoms with Gasteiger partial charge in [0.15, 0.2) is 0 Å². The number of benzene rings is 1. The summed E-state index contributed by atoms with van der Waals surface area (Å²) in [4.78, 5) is 29.6. The van der Waals surface area contributed by atoms with Crippen LogP contribution in [0.1, 0.15) is 16.1 Å². The normalized spacial score (nSPS) is 10.1. The first kappa shape index (κ1) is 12.1. The van der Waals surface area contributed by atoms with Crippen molar-refractivity contribution < 1.29 is 9.72 Å². The quantitative estimate of drug-likeness (QED) is 0.482. The fourth-order valence-electron chi connectivity index (χ4n) is 1.36. The van der Waals surface area contributed by atoms with Crippen LogP contribution in [0.3, 0.4) is 0 Å². The molecule has 2 aromatic rings. The summed E-state index contributed by atoms with van der Waals surface area (Å²) in [6.07, 6.45) is 4.15. The molecule has 0 spiro atoms. The molecule has 7 heteroatoms. The lowest BCUT2D eigenvalue weighted by Gasteiger charge is -2.01. The highest BCUT2D eigenvalue weighted by molar-refractivity contribution is 6.33. The molecule has 0 unspecified atom stereocenters. The van der Waals surface area contributed by atoms with Crippen LogP contribution in [-0.2, 0) is 0 Å². The van der Waals surface area contributed by atoms with E-state index < -0.39 is 4.92 Å². The molecule has 0 bridgehead atoms. The number of aromatic nitrogens is 2. The van der Waals surface area contributed by atoms with Crippen molar-refractivity contribution in [2.45, 2.75) is 0 Å². The van der Waals surface area contributed by atoms with Gasteiger partial charge >= 0.3 is 0 Å². The summed E-state index contributed by atoms with van der Waals surface area (Å²) in [5.74, 6) is -0.389. The van der Waals surface area contributed by atoms with E-state index in [-0.39, 0.29) is 27.8 Å². The molecule has 6 nitrogen and oxygen atoms in total. The van der Waals surface area contributed by atoms with E-state index in [9.17, 15) is 14.9 Å². The SMILES string of the molecule is O=C(c1ccc([N+](=O)[O-])c(Cl)c1)c1cnccn1. The molecule has 0 saturated carbocycles. The third kappa shape index (κ3) is 2.33. The minimum atomic E-state index is -0.612. The molecular formula is C11H6ClN3O3. The van der Waals surface area contributed by atoms with E-state index >= 15 is 0 Å². The molecule has 0 aliphatic rings. The predicted octanol–water partition coefficient (Wildman–Crippen LogP) is 2.27. The number of hydrogen-bond donors (Lipinski definition) is 0. The number of hydrogen-bond acceptors (Lipinski definition) is 5. The van der Waals surface area contributed by atoms with Gasteiger partial charge in [-0.2, -0.15) is 0 Å². The van der Waals surface area contributed by atoms with E-state index in [4.69, 9.17) is 11.6 Å². The van der Waals surface area contributed by atoms with Gasteiger partial charge in [-0.25, -0.2) is 4.98 Å². The van der Waals surface area contributed by atoms with Crippen LogP contribution in [0.5, 0.6) is 0 Å². The van der Waals surface area contributed by atoms with Gasteiger partial charge in [-0.05, 0) is 12.1 Å². The van der Waals surface area contributed by atoms with Crippen LogP contribution in [-0.4, -0.2) is 20.7 Å². The average molecular weight is 264 g/mol. The molecule has 0 radical (unpaired) electrons. The fourth-order valence-corrected chi connectivity index (χ4v) is 1.61. The molecule has 90 valence electrons. The Morgan fingerprint density at radius 1 is 1.33 bits per heavy atom. The van der Waals surface area contributed by atoms with E-state index in [0.29, 0.717) is 0 Å². The van der Waals surface area contributed by atoms with Crippen LogP contribution in [0.4, 0.5) is 5.69 Å². The lowest BCUT2D eigenvalue weighted by Crippen LogP contribution is -2.04. The molecule has 0 aliphatic heterocycles. The van der Waals surface area contributed by atoms with Gasteiger partial charge in [0.25, 0.3) is 5.69 Å². The van der Waals surface area contributed by atoms with Gasteiger partial charge in [0.1, 0.15) is 10.7 Å². The van der Waals surface area contributed by atoms with Crippen molar-refractivity contribution in [1.82, 2.24) is 9.97 Å². The smallest absolute Gasteiger partial charge is 0.287 e. The van der Waals surface area contributed by atoms with Crippen molar-refractivity contribution in [2.24, 2.45) is 0 Å². The molecule has 0 fully saturated rings. The van der Waals surface area contributed by atoms with Crippen molar-refractivity contribution >= 4 is 23.1 Å². The highest BCUT2D eigenvalue weighted by Crippen LogP contribution is 2.25. The van der Waals surface area contributed by atoms with Crippen LogP contribution in [0.15, 0.2) is 36.8 Å². The maximum atomic E-state index is 11.9. The molecule has 1 aromatic carbocycles. The predicted molar refractivity (Wildman–Crippen MR) is 63.6 cm³/mol. The van der Waals surface area contributed by atoms with E-state index in [1.807, 2.05) is 0 Å². The second-order valence-corrected chi connectivity index (χ2v) is 3.75. The Labute approximate surface area is 106 Å². The van der Waals surface area contributed by atoms with Gasteiger partial charge in [-0.15, -0.1) is 0 Å². The molecular weight excluding hydrogens is 258 g/mol. The first-order valence-corrected chi connectivity index (χ1v) is 5.22. The molecule has 0 amide bonds. The van der Waals surface area contributed by atoms with Crippen molar-refractivity contribution in [2.75, 3.05) is 0 Å². The number of nitro benzene ring substituents is 1. The van der Waals surface area contributed by atoms with Crippen LogP contribution in [0.25, 0.3) is 0 Å². The summed E-state index contributed by atoms with van der Waals surface area (Å²) in [6, 6.07) is 3.77. The van der Waals surface area contributed by atoms with Crippen molar-refractivity contribution in [3.05, 3.63) is 63.2 Å². The van der Waals surface area contributed by atoms with Crippen LogP contribution in [0.2, 0.25) is 5.02 Å². The van der Waals surface area contributed by atoms with Crippen LogP contribution >= 0.6 is 11.6 Å².